The van der Waals surface area contributed by atoms with Gasteiger partial charge in [-0.25, -0.2) is 4.39 Å². The van der Waals surface area contributed by atoms with Crippen LogP contribution in [-0.4, -0.2) is 15.2 Å². The molecule has 0 bridgehead atoms. The molecular weight excluding hydrogens is 281 g/mol. The Balaban J connectivity index is 1.76. The van der Waals surface area contributed by atoms with E-state index in [-0.39, 0.29) is 5.82 Å². The number of rotatable bonds is 4. The van der Waals surface area contributed by atoms with E-state index in [1.54, 1.807) is 12.1 Å². The predicted molar refractivity (Wildman–Crippen MR) is 84.0 cm³/mol. The van der Waals surface area contributed by atoms with Gasteiger partial charge in [0.05, 0.1) is 6.20 Å². The minimum Gasteiger partial charge on any atom is -0.339 e. The molecule has 0 spiro atoms. The first-order chi connectivity index (χ1) is 10.7. The van der Waals surface area contributed by atoms with Crippen LogP contribution >= 0.6 is 0 Å². The topological polar surface area (TPSA) is 62.7 Å². The number of nitrogens with one attached hydrogen (secondary N) is 2. The Morgan fingerprint density at radius 1 is 0.955 bits per heavy atom. The standard InChI is InChI=1S/C16H14FN5/c1-11-5-7-13(8-6-11)19-15-10-18-22-16(21-15)20-14-4-2-3-12(17)9-14/h2-10H,1H3,(H2,19,20,21,22). The van der Waals surface area contributed by atoms with E-state index >= 15 is 0 Å². The lowest BCUT2D eigenvalue weighted by Gasteiger charge is -2.08. The summed E-state index contributed by atoms with van der Waals surface area (Å²) in [5.41, 5.74) is 2.65. The molecule has 0 fully saturated rings. The molecule has 0 saturated carbocycles. The van der Waals surface area contributed by atoms with E-state index in [1.165, 1.54) is 23.9 Å². The summed E-state index contributed by atoms with van der Waals surface area (Å²) in [5.74, 6) is 0.521. The zero-order valence-corrected chi connectivity index (χ0v) is 11.9. The molecule has 0 unspecified atom stereocenters. The summed E-state index contributed by atoms with van der Waals surface area (Å²) < 4.78 is 13.2. The Labute approximate surface area is 127 Å². The highest BCUT2D eigenvalue weighted by Crippen LogP contribution is 2.17. The van der Waals surface area contributed by atoms with E-state index in [0.717, 1.165) is 5.69 Å². The molecule has 0 atom stereocenters. The number of hydrogen-bond acceptors (Lipinski definition) is 5. The van der Waals surface area contributed by atoms with E-state index in [9.17, 15) is 4.39 Å². The molecule has 0 aliphatic heterocycles. The highest BCUT2D eigenvalue weighted by atomic mass is 19.1. The maximum atomic E-state index is 13.2. The largest absolute Gasteiger partial charge is 0.339 e. The van der Waals surface area contributed by atoms with Crippen LogP contribution in [0.25, 0.3) is 0 Å². The molecule has 5 nitrogen and oxygen atoms in total. The van der Waals surface area contributed by atoms with Gasteiger partial charge in [-0.2, -0.15) is 10.1 Å². The summed E-state index contributed by atoms with van der Waals surface area (Å²) in [4.78, 5) is 4.30. The monoisotopic (exact) mass is 295 g/mol. The minimum absolute atomic E-state index is 0.294. The van der Waals surface area contributed by atoms with Crippen LogP contribution in [0.1, 0.15) is 5.56 Å². The smallest absolute Gasteiger partial charge is 0.249 e. The van der Waals surface area contributed by atoms with Gasteiger partial charge in [-0.05, 0) is 37.3 Å². The number of benzene rings is 2. The van der Waals surface area contributed by atoms with E-state index in [2.05, 4.69) is 25.8 Å². The highest BCUT2D eigenvalue weighted by Gasteiger charge is 2.03. The van der Waals surface area contributed by atoms with Crippen molar-refractivity contribution in [2.24, 2.45) is 0 Å². The molecule has 0 aliphatic carbocycles. The van der Waals surface area contributed by atoms with Crippen molar-refractivity contribution in [3.8, 4) is 0 Å². The van der Waals surface area contributed by atoms with Crippen LogP contribution in [0.5, 0.6) is 0 Å². The Hall–Kier alpha value is -3.02. The molecule has 0 amide bonds. The molecular formula is C16H14FN5. The molecule has 6 heteroatoms. The first kappa shape index (κ1) is 13.9. The molecule has 110 valence electrons. The number of halogens is 1. The van der Waals surface area contributed by atoms with Crippen molar-refractivity contribution in [3.05, 3.63) is 66.1 Å². The van der Waals surface area contributed by atoms with Crippen molar-refractivity contribution in [2.75, 3.05) is 10.6 Å². The van der Waals surface area contributed by atoms with Crippen LogP contribution in [-0.2, 0) is 0 Å². The number of hydrogen-bond donors (Lipinski definition) is 2. The average Bonchev–Trinajstić information content (AvgIpc) is 2.50. The second kappa shape index (κ2) is 6.17. The minimum atomic E-state index is -0.327. The van der Waals surface area contributed by atoms with Crippen LogP contribution in [0.4, 0.5) is 27.5 Å². The van der Waals surface area contributed by atoms with Crippen LogP contribution < -0.4 is 10.6 Å². The first-order valence-electron chi connectivity index (χ1n) is 6.75. The molecule has 1 aromatic heterocycles. The van der Waals surface area contributed by atoms with Crippen LogP contribution in [0, 0.1) is 12.7 Å². The predicted octanol–water partition coefficient (Wildman–Crippen LogP) is 3.81. The van der Waals surface area contributed by atoms with Gasteiger partial charge in [0, 0.05) is 11.4 Å². The maximum Gasteiger partial charge on any atom is 0.249 e. The fourth-order valence-corrected chi connectivity index (χ4v) is 1.90. The van der Waals surface area contributed by atoms with Gasteiger partial charge in [-0.1, -0.05) is 23.8 Å². The molecule has 0 aliphatic rings. The molecule has 3 rings (SSSR count). The molecule has 0 radical (unpaired) electrons. The van der Waals surface area contributed by atoms with Crippen molar-refractivity contribution < 1.29 is 4.39 Å². The lowest BCUT2D eigenvalue weighted by atomic mass is 10.2. The van der Waals surface area contributed by atoms with Crippen LogP contribution in [0.15, 0.2) is 54.7 Å². The van der Waals surface area contributed by atoms with E-state index in [1.807, 2.05) is 31.2 Å². The van der Waals surface area contributed by atoms with Gasteiger partial charge < -0.3 is 10.6 Å². The van der Waals surface area contributed by atoms with E-state index < -0.39 is 0 Å². The highest BCUT2D eigenvalue weighted by molar-refractivity contribution is 5.58. The molecule has 0 saturated heterocycles. The summed E-state index contributed by atoms with van der Waals surface area (Å²) in [6.45, 7) is 2.02. The summed E-state index contributed by atoms with van der Waals surface area (Å²) in [6, 6.07) is 14.0. The zero-order valence-electron chi connectivity index (χ0n) is 11.9. The molecule has 3 aromatic rings. The molecule has 2 aromatic carbocycles. The van der Waals surface area contributed by atoms with Crippen molar-refractivity contribution >= 4 is 23.1 Å². The van der Waals surface area contributed by atoms with Gasteiger partial charge in [-0.15, -0.1) is 5.10 Å². The van der Waals surface area contributed by atoms with Crippen molar-refractivity contribution in [1.29, 1.82) is 0 Å². The normalized spacial score (nSPS) is 10.3. The second-order valence-electron chi connectivity index (χ2n) is 4.79. The molecule has 2 N–H and O–H groups in total. The van der Waals surface area contributed by atoms with E-state index in [0.29, 0.717) is 17.5 Å². The van der Waals surface area contributed by atoms with Crippen molar-refractivity contribution in [2.45, 2.75) is 6.92 Å². The molecule has 1 heterocycles. The van der Waals surface area contributed by atoms with Crippen molar-refractivity contribution in [3.63, 3.8) is 0 Å². The van der Waals surface area contributed by atoms with Gasteiger partial charge in [0.15, 0.2) is 5.82 Å². The third-order valence-corrected chi connectivity index (χ3v) is 2.96. The van der Waals surface area contributed by atoms with Gasteiger partial charge in [-0.3, -0.25) is 0 Å². The van der Waals surface area contributed by atoms with Crippen molar-refractivity contribution in [1.82, 2.24) is 15.2 Å². The fourth-order valence-electron chi connectivity index (χ4n) is 1.90. The molecule has 22 heavy (non-hydrogen) atoms. The lowest BCUT2D eigenvalue weighted by Crippen LogP contribution is -2.02. The third kappa shape index (κ3) is 3.54. The number of aromatic nitrogens is 3. The van der Waals surface area contributed by atoms with Gasteiger partial charge in [0.2, 0.25) is 5.95 Å². The Bertz CT molecular complexity index is 773. The summed E-state index contributed by atoms with van der Waals surface area (Å²) in [5, 5.41) is 13.8. The van der Waals surface area contributed by atoms with Gasteiger partial charge >= 0.3 is 0 Å². The van der Waals surface area contributed by atoms with Crippen LogP contribution in [0.3, 0.4) is 0 Å². The summed E-state index contributed by atoms with van der Waals surface area (Å²) in [7, 11) is 0. The Kier molecular flexibility index (Phi) is 3.91. The first-order valence-corrected chi connectivity index (χ1v) is 6.75. The Morgan fingerprint density at radius 3 is 2.55 bits per heavy atom. The maximum absolute atomic E-state index is 13.2. The fraction of sp³-hybridized carbons (Fsp3) is 0.0625. The summed E-state index contributed by atoms with van der Waals surface area (Å²) >= 11 is 0. The third-order valence-electron chi connectivity index (χ3n) is 2.96. The quantitative estimate of drug-likeness (QED) is 0.766. The second-order valence-corrected chi connectivity index (χ2v) is 4.79. The number of anilines is 4. The van der Waals surface area contributed by atoms with Gasteiger partial charge in [0.1, 0.15) is 5.82 Å². The SMILES string of the molecule is Cc1ccc(Nc2cnnc(Nc3cccc(F)c3)n2)cc1. The van der Waals surface area contributed by atoms with Gasteiger partial charge in [0.25, 0.3) is 0 Å². The summed E-state index contributed by atoms with van der Waals surface area (Å²) in [6.07, 6.45) is 1.52. The lowest BCUT2D eigenvalue weighted by molar-refractivity contribution is 0.628. The average molecular weight is 295 g/mol. The number of nitrogens with zero attached hydrogens (tertiary/aromatic N) is 3. The van der Waals surface area contributed by atoms with E-state index in [4.69, 9.17) is 0 Å². The number of aryl methyl sites for hydroxylation is 1. The Morgan fingerprint density at radius 2 is 1.77 bits per heavy atom. The van der Waals surface area contributed by atoms with Crippen LogP contribution in [0.2, 0.25) is 0 Å². The zero-order chi connectivity index (χ0) is 15.4.